The van der Waals surface area contributed by atoms with Gasteiger partial charge in [0.25, 0.3) is 0 Å². The molecule has 0 aliphatic rings. The summed E-state index contributed by atoms with van der Waals surface area (Å²) in [6, 6.07) is 22.9. The van der Waals surface area contributed by atoms with E-state index in [0.29, 0.717) is 5.75 Å². The van der Waals surface area contributed by atoms with Gasteiger partial charge in [-0.2, -0.15) is 0 Å². The fourth-order valence-corrected chi connectivity index (χ4v) is 4.60. The number of nitrogens with zero attached hydrogens (tertiary/aromatic N) is 1. The highest BCUT2D eigenvalue weighted by Gasteiger charge is 2.12. The SMILES string of the molecule is Cc1ccc(C)c(NC(=O)CSc2cn(Cc3ccc(Br)cc3)c3ccccc23)c1. The molecule has 1 N–H and O–H groups in total. The number of hydrogen-bond acceptors (Lipinski definition) is 2. The van der Waals surface area contributed by atoms with Crippen molar-refractivity contribution in [3.05, 3.63) is 94.1 Å². The lowest BCUT2D eigenvalue weighted by atomic mass is 10.1. The lowest BCUT2D eigenvalue weighted by molar-refractivity contribution is -0.113. The third-order valence-electron chi connectivity index (χ3n) is 5.04. The number of carbonyl (C=O) groups is 1. The van der Waals surface area contributed by atoms with E-state index in [9.17, 15) is 4.79 Å². The monoisotopic (exact) mass is 478 g/mol. The topological polar surface area (TPSA) is 34.0 Å². The summed E-state index contributed by atoms with van der Waals surface area (Å²) in [5.41, 5.74) is 5.52. The maximum atomic E-state index is 12.6. The largest absolute Gasteiger partial charge is 0.342 e. The van der Waals surface area contributed by atoms with Gasteiger partial charge >= 0.3 is 0 Å². The van der Waals surface area contributed by atoms with Gasteiger partial charge in [-0.25, -0.2) is 0 Å². The molecule has 3 aromatic carbocycles. The third kappa shape index (κ3) is 4.79. The molecule has 0 atom stereocenters. The molecule has 4 aromatic rings. The number of amides is 1. The van der Waals surface area contributed by atoms with E-state index in [4.69, 9.17) is 0 Å². The smallest absolute Gasteiger partial charge is 0.234 e. The minimum atomic E-state index is 0.0124. The zero-order valence-corrected chi connectivity index (χ0v) is 19.4. The predicted octanol–water partition coefficient (Wildman–Crippen LogP) is 6.80. The first-order chi connectivity index (χ1) is 14.5. The number of rotatable bonds is 6. The zero-order chi connectivity index (χ0) is 21.1. The van der Waals surface area contributed by atoms with Crippen LogP contribution in [0.5, 0.6) is 0 Å². The molecule has 30 heavy (non-hydrogen) atoms. The summed E-state index contributed by atoms with van der Waals surface area (Å²) in [5, 5.41) is 4.23. The molecule has 0 spiro atoms. The van der Waals surface area contributed by atoms with E-state index < -0.39 is 0 Å². The Labute approximate surface area is 189 Å². The Morgan fingerprint density at radius 2 is 1.80 bits per heavy atom. The van der Waals surface area contributed by atoms with Gasteiger partial charge in [0, 0.05) is 38.7 Å². The Balaban J connectivity index is 1.50. The maximum absolute atomic E-state index is 12.6. The quantitative estimate of drug-likeness (QED) is 0.309. The van der Waals surface area contributed by atoms with E-state index in [0.717, 1.165) is 32.7 Å². The van der Waals surface area contributed by atoms with Gasteiger partial charge in [0.2, 0.25) is 5.91 Å². The van der Waals surface area contributed by atoms with Crippen molar-refractivity contribution >= 4 is 50.2 Å². The van der Waals surface area contributed by atoms with Gasteiger partial charge in [-0.3, -0.25) is 4.79 Å². The van der Waals surface area contributed by atoms with Crippen LogP contribution in [-0.4, -0.2) is 16.2 Å². The molecule has 0 aliphatic heterocycles. The van der Waals surface area contributed by atoms with Crippen LogP contribution in [0, 0.1) is 13.8 Å². The van der Waals surface area contributed by atoms with Crippen LogP contribution in [-0.2, 0) is 11.3 Å². The second kappa shape index (κ2) is 9.11. The van der Waals surface area contributed by atoms with Gasteiger partial charge in [0.05, 0.1) is 5.75 Å². The summed E-state index contributed by atoms with van der Waals surface area (Å²) in [6.07, 6.45) is 2.16. The van der Waals surface area contributed by atoms with Crippen molar-refractivity contribution in [2.24, 2.45) is 0 Å². The van der Waals surface area contributed by atoms with Crippen molar-refractivity contribution in [3.8, 4) is 0 Å². The van der Waals surface area contributed by atoms with E-state index in [1.165, 1.54) is 16.5 Å². The van der Waals surface area contributed by atoms with Crippen LogP contribution in [0.1, 0.15) is 16.7 Å². The van der Waals surface area contributed by atoms with E-state index in [1.54, 1.807) is 11.8 Å². The molecule has 1 heterocycles. The van der Waals surface area contributed by atoms with Crippen molar-refractivity contribution in [1.29, 1.82) is 0 Å². The maximum Gasteiger partial charge on any atom is 0.234 e. The minimum Gasteiger partial charge on any atom is -0.342 e. The molecule has 0 bridgehead atoms. The predicted molar refractivity (Wildman–Crippen MR) is 130 cm³/mol. The van der Waals surface area contributed by atoms with E-state index in [-0.39, 0.29) is 5.91 Å². The molecule has 3 nitrogen and oxygen atoms in total. The van der Waals surface area contributed by atoms with Crippen LogP contribution in [0.25, 0.3) is 10.9 Å². The summed E-state index contributed by atoms with van der Waals surface area (Å²) in [5.74, 6) is 0.387. The first-order valence-corrected chi connectivity index (χ1v) is 11.6. The number of benzene rings is 3. The van der Waals surface area contributed by atoms with E-state index in [2.05, 4.69) is 80.5 Å². The number of hydrogen-bond donors (Lipinski definition) is 1. The van der Waals surface area contributed by atoms with Crippen molar-refractivity contribution in [2.45, 2.75) is 25.3 Å². The lowest BCUT2D eigenvalue weighted by Crippen LogP contribution is -2.14. The number of carbonyl (C=O) groups excluding carboxylic acids is 1. The number of anilines is 1. The van der Waals surface area contributed by atoms with Crippen LogP contribution < -0.4 is 5.32 Å². The molecule has 4 rings (SSSR count). The number of aromatic nitrogens is 1. The van der Waals surface area contributed by atoms with Gasteiger partial charge in [-0.15, -0.1) is 11.8 Å². The first-order valence-electron chi connectivity index (χ1n) is 9.82. The Bertz CT molecular complexity index is 1200. The number of nitrogens with one attached hydrogen (secondary N) is 1. The van der Waals surface area contributed by atoms with Gasteiger partial charge in [0.1, 0.15) is 0 Å². The highest BCUT2D eigenvalue weighted by atomic mass is 79.9. The molecular formula is C25H23BrN2OS. The van der Waals surface area contributed by atoms with E-state index >= 15 is 0 Å². The van der Waals surface area contributed by atoms with E-state index in [1.807, 2.05) is 32.0 Å². The fourth-order valence-electron chi connectivity index (χ4n) is 3.45. The Kier molecular flexibility index (Phi) is 6.30. The Hall–Kier alpha value is -2.50. The molecule has 0 aliphatic carbocycles. The molecule has 0 radical (unpaired) electrons. The van der Waals surface area contributed by atoms with Crippen LogP contribution in [0.15, 0.2) is 82.3 Å². The zero-order valence-electron chi connectivity index (χ0n) is 17.0. The first kappa shape index (κ1) is 20.8. The highest BCUT2D eigenvalue weighted by molar-refractivity contribution is 9.10. The molecule has 1 amide bonds. The normalized spacial score (nSPS) is 11.0. The minimum absolute atomic E-state index is 0.0124. The second-order valence-electron chi connectivity index (χ2n) is 7.42. The van der Waals surface area contributed by atoms with Gasteiger partial charge in [-0.05, 0) is 54.8 Å². The van der Waals surface area contributed by atoms with Crippen LogP contribution in [0.4, 0.5) is 5.69 Å². The van der Waals surface area contributed by atoms with Crippen molar-refractivity contribution < 1.29 is 4.79 Å². The van der Waals surface area contributed by atoms with Gasteiger partial charge < -0.3 is 9.88 Å². The average Bonchev–Trinajstić information content (AvgIpc) is 3.08. The Morgan fingerprint density at radius 3 is 2.60 bits per heavy atom. The number of para-hydroxylation sites is 1. The summed E-state index contributed by atoms with van der Waals surface area (Å²) in [6.45, 7) is 4.84. The second-order valence-corrected chi connectivity index (χ2v) is 9.35. The number of thioether (sulfide) groups is 1. The number of aryl methyl sites for hydroxylation is 2. The fraction of sp³-hybridized carbons (Fsp3) is 0.160. The molecule has 0 saturated heterocycles. The molecule has 5 heteroatoms. The molecule has 1 aromatic heterocycles. The standard InChI is InChI=1S/C25H23BrN2OS/c1-17-7-8-18(2)22(13-17)27-25(29)16-30-24-15-28(23-6-4-3-5-21(23)24)14-19-9-11-20(26)12-10-19/h3-13,15H,14,16H2,1-2H3,(H,27,29). The molecular weight excluding hydrogens is 456 g/mol. The van der Waals surface area contributed by atoms with Crippen molar-refractivity contribution in [2.75, 3.05) is 11.1 Å². The van der Waals surface area contributed by atoms with Crippen LogP contribution >= 0.6 is 27.7 Å². The summed E-state index contributed by atoms with van der Waals surface area (Å²) >= 11 is 5.07. The van der Waals surface area contributed by atoms with Crippen LogP contribution in [0.2, 0.25) is 0 Å². The van der Waals surface area contributed by atoms with Crippen LogP contribution in [0.3, 0.4) is 0 Å². The summed E-state index contributed by atoms with van der Waals surface area (Å²) in [7, 11) is 0. The third-order valence-corrected chi connectivity index (χ3v) is 6.62. The molecule has 152 valence electrons. The highest BCUT2D eigenvalue weighted by Crippen LogP contribution is 2.31. The van der Waals surface area contributed by atoms with Gasteiger partial charge in [-0.1, -0.05) is 58.4 Å². The van der Waals surface area contributed by atoms with Crippen molar-refractivity contribution in [3.63, 3.8) is 0 Å². The lowest BCUT2D eigenvalue weighted by Gasteiger charge is -2.09. The number of halogens is 1. The Morgan fingerprint density at radius 1 is 1.03 bits per heavy atom. The average molecular weight is 479 g/mol. The van der Waals surface area contributed by atoms with Gasteiger partial charge in [0.15, 0.2) is 0 Å². The molecule has 0 unspecified atom stereocenters. The summed E-state index contributed by atoms with van der Waals surface area (Å²) < 4.78 is 3.33. The van der Waals surface area contributed by atoms with Crippen molar-refractivity contribution in [1.82, 2.24) is 4.57 Å². The molecule has 0 fully saturated rings. The number of fused-ring (bicyclic) bond motifs is 1. The molecule has 0 saturated carbocycles. The summed E-state index contributed by atoms with van der Waals surface area (Å²) in [4.78, 5) is 13.7.